The van der Waals surface area contributed by atoms with Gasteiger partial charge in [0, 0.05) is 51.6 Å². The minimum absolute atomic E-state index is 0.0575. The van der Waals surface area contributed by atoms with Crippen molar-refractivity contribution in [2.24, 2.45) is 5.92 Å². The van der Waals surface area contributed by atoms with E-state index in [0.717, 1.165) is 41.3 Å². The molecular formula is C36H39Cl2N2+. The quantitative estimate of drug-likeness (QED) is 0.333. The van der Waals surface area contributed by atoms with Crippen LogP contribution in [0.15, 0.2) is 105 Å². The lowest BCUT2D eigenvalue weighted by Crippen LogP contribution is -2.26. The number of rotatable bonds is 3. The summed E-state index contributed by atoms with van der Waals surface area (Å²) in [6.45, 7) is 9.20. The number of halogens is 2. The SMILES string of the molecule is CN1/C(=C/C=C2\CCC3CCC(/C=C/C4=[N+](C)c5ccccc5C4(C)C)=C(Cl)C3=C2Cl)C(C)(C)c2ccccc21. The molecule has 2 aliphatic heterocycles. The van der Waals surface area contributed by atoms with Gasteiger partial charge < -0.3 is 4.90 Å². The topological polar surface area (TPSA) is 6.25 Å². The van der Waals surface area contributed by atoms with E-state index in [9.17, 15) is 0 Å². The highest BCUT2D eigenvalue weighted by atomic mass is 35.5. The molecule has 0 saturated carbocycles. The first kappa shape index (κ1) is 27.4. The molecule has 40 heavy (non-hydrogen) atoms. The normalized spacial score (nSPS) is 25.4. The molecule has 0 amide bonds. The van der Waals surface area contributed by atoms with Gasteiger partial charge in [0.2, 0.25) is 5.69 Å². The Hall–Kier alpha value is -2.81. The summed E-state index contributed by atoms with van der Waals surface area (Å²) < 4.78 is 2.31. The number of para-hydroxylation sites is 2. The van der Waals surface area contributed by atoms with Crippen molar-refractivity contribution in [1.82, 2.24) is 0 Å². The molecule has 1 unspecified atom stereocenters. The van der Waals surface area contributed by atoms with E-state index >= 15 is 0 Å². The van der Waals surface area contributed by atoms with Crippen LogP contribution in [0.1, 0.15) is 64.5 Å². The third-order valence-electron chi connectivity index (χ3n) is 9.73. The van der Waals surface area contributed by atoms with Gasteiger partial charge in [0.1, 0.15) is 7.05 Å². The second kappa shape index (κ2) is 9.93. The van der Waals surface area contributed by atoms with E-state index in [1.165, 1.54) is 45.1 Å². The first-order chi connectivity index (χ1) is 19.0. The fourth-order valence-corrected chi connectivity index (χ4v) is 8.25. The number of allylic oxidation sites excluding steroid dienone is 10. The molecule has 4 aliphatic rings. The Balaban J connectivity index is 1.33. The number of hydrogen-bond donors (Lipinski definition) is 0. The van der Waals surface area contributed by atoms with Crippen LogP contribution < -0.4 is 4.90 Å². The van der Waals surface area contributed by atoms with E-state index in [4.69, 9.17) is 23.2 Å². The number of fused-ring (bicyclic) bond motifs is 3. The molecule has 2 nitrogen and oxygen atoms in total. The van der Waals surface area contributed by atoms with Crippen molar-refractivity contribution in [3.63, 3.8) is 0 Å². The number of anilines is 1. The predicted molar refractivity (Wildman–Crippen MR) is 171 cm³/mol. The van der Waals surface area contributed by atoms with Crippen molar-refractivity contribution >= 4 is 40.3 Å². The zero-order valence-electron chi connectivity index (χ0n) is 24.5. The largest absolute Gasteiger partial charge is 0.347 e. The second-order valence-corrected chi connectivity index (χ2v) is 13.5. The molecule has 2 heterocycles. The van der Waals surface area contributed by atoms with E-state index in [1.807, 2.05) is 0 Å². The summed E-state index contributed by atoms with van der Waals surface area (Å²) >= 11 is 14.3. The van der Waals surface area contributed by atoms with Gasteiger partial charge in [-0.05, 0) is 79.9 Å². The van der Waals surface area contributed by atoms with Crippen LogP contribution in [0.2, 0.25) is 0 Å². The van der Waals surface area contributed by atoms with Gasteiger partial charge in [-0.1, -0.05) is 85.6 Å². The fourth-order valence-electron chi connectivity index (χ4n) is 7.39. The minimum Gasteiger partial charge on any atom is -0.347 e. The Kier molecular flexibility index (Phi) is 6.79. The lowest BCUT2D eigenvalue weighted by atomic mass is 9.76. The van der Waals surface area contributed by atoms with Crippen LogP contribution in [-0.4, -0.2) is 24.4 Å². The van der Waals surface area contributed by atoms with Crippen LogP contribution in [-0.2, 0) is 10.8 Å². The maximum Gasteiger partial charge on any atom is 0.209 e. The van der Waals surface area contributed by atoms with E-state index < -0.39 is 0 Å². The second-order valence-electron chi connectivity index (χ2n) is 12.7. The van der Waals surface area contributed by atoms with Crippen LogP contribution in [0.3, 0.4) is 0 Å². The van der Waals surface area contributed by atoms with Crippen molar-refractivity contribution in [3.05, 3.63) is 116 Å². The monoisotopic (exact) mass is 569 g/mol. The Labute approximate surface area is 249 Å². The molecule has 6 rings (SSSR count). The summed E-state index contributed by atoms with van der Waals surface area (Å²) in [6.07, 6.45) is 13.2. The van der Waals surface area contributed by atoms with Crippen LogP contribution >= 0.6 is 23.2 Å². The highest BCUT2D eigenvalue weighted by Crippen LogP contribution is 2.49. The van der Waals surface area contributed by atoms with Crippen molar-refractivity contribution in [1.29, 1.82) is 0 Å². The van der Waals surface area contributed by atoms with Crippen LogP contribution in [0.5, 0.6) is 0 Å². The predicted octanol–water partition coefficient (Wildman–Crippen LogP) is 9.68. The average molecular weight is 571 g/mol. The summed E-state index contributed by atoms with van der Waals surface area (Å²) in [5, 5.41) is 1.69. The van der Waals surface area contributed by atoms with Gasteiger partial charge in [-0.15, -0.1) is 0 Å². The lowest BCUT2D eigenvalue weighted by Gasteiger charge is -2.32. The van der Waals surface area contributed by atoms with E-state index in [-0.39, 0.29) is 10.8 Å². The first-order valence-electron chi connectivity index (χ1n) is 14.5. The summed E-state index contributed by atoms with van der Waals surface area (Å²) in [5.74, 6) is 0.430. The van der Waals surface area contributed by atoms with Crippen LogP contribution in [0, 0.1) is 5.92 Å². The summed E-state index contributed by atoms with van der Waals surface area (Å²) in [7, 11) is 4.32. The molecule has 2 aromatic rings. The smallest absolute Gasteiger partial charge is 0.209 e. The highest BCUT2D eigenvalue weighted by molar-refractivity contribution is 6.37. The molecule has 1 atom stereocenters. The van der Waals surface area contributed by atoms with E-state index in [1.54, 1.807) is 0 Å². The molecule has 0 aromatic heterocycles. The third-order valence-corrected chi connectivity index (χ3v) is 10.6. The van der Waals surface area contributed by atoms with Gasteiger partial charge in [-0.2, -0.15) is 4.58 Å². The Morgan fingerprint density at radius 3 is 2.23 bits per heavy atom. The Morgan fingerprint density at radius 1 is 0.825 bits per heavy atom. The fraction of sp³-hybridized carbons (Fsp3) is 0.361. The van der Waals surface area contributed by atoms with Gasteiger partial charge >= 0.3 is 0 Å². The highest BCUT2D eigenvalue weighted by Gasteiger charge is 2.43. The van der Waals surface area contributed by atoms with Gasteiger partial charge in [-0.3, -0.25) is 0 Å². The molecule has 0 radical (unpaired) electrons. The summed E-state index contributed by atoms with van der Waals surface area (Å²) in [5.41, 5.74) is 11.2. The molecule has 0 saturated heterocycles. The summed E-state index contributed by atoms with van der Waals surface area (Å²) in [4.78, 5) is 2.31. The molecule has 206 valence electrons. The molecular weight excluding hydrogens is 531 g/mol. The van der Waals surface area contributed by atoms with Crippen LogP contribution in [0.4, 0.5) is 11.4 Å². The lowest BCUT2D eigenvalue weighted by molar-refractivity contribution is -0.401. The average Bonchev–Trinajstić information content (AvgIpc) is 3.25. The zero-order chi connectivity index (χ0) is 28.4. The van der Waals surface area contributed by atoms with Gasteiger partial charge in [-0.25, -0.2) is 0 Å². The van der Waals surface area contributed by atoms with E-state index in [0.29, 0.717) is 5.92 Å². The molecule has 2 aliphatic carbocycles. The Morgan fingerprint density at radius 2 is 1.50 bits per heavy atom. The zero-order valence-corrected chi connectivity index (χ0v) is 26.0. The number of nitrogens with zero attached hydrogens (tertiary/aromatic N) is 2. The van der Waals surface area contributed by atoms with E-state index in [2.05, 4.69) is 124 Å². The first-order valence-corrected chi connectivity index (χ1v) is 15.2. The maximum atomic E-state index is 7.17. The molecule has 0 spiro atoms. The molecule has 0 fully saturated rings. The molecule has 0 bridgehead atoms. The molecule has 2 aromatic carbocycles. The number of benzene rings is 2. The van der Waals surface area contributed by atoms with Gasteiger partial charge in [0.15, 0.2) is 5.71 Å². The van der Waals surface area contributed by atoms with Crippen molar-refractivity contribution in [3.8, 4) is 0 Å². The van der Waals surface area contributed by atoms with Crippen LogP contribution in [0.25, 0.3) is 0 Å². The number of likely N-dealkylation sites (N-methyl/N-ethyl adjacent to an activating group) is 1. The van der Waals surface area contributed by atoms with Crippen molar-refractivity contribution < 1.29 is 4.58 Å². The molecule has 0 N–H and O–H groups in total. The Bertz CT molecular complexity index is 1590. The van der Waals surface area contributed by atoms with Crippen molar-refractivity contribution in [2.45, 2.75) is 64.2 Å². The maximum absolute atomic E-state index is 7.17. The third kappa shape index (κ3) is 4.18. The molecule has 4 heteroatoms. The summed E-state index contributed by atoms with van der Waals surface area (Å²) in [6, 6.07) is 17.4. The van der Waals surface area contributed by atoms with Crippen molar-refractivity contribution in [2.75, 3.05) is 19.0 Å². The standard InChI is InChI=1S/C36H39Cl2N2/c1-35(2)26-11-7-9-13-28(26)39(5)30(35)21-19-24-17-15-23-16-18-25(34(38)32(23)33(24)37)20-22-31-36(3,4)27-12-8-10-14-29(27)40(31)6/h7-14,19-23H,15-18H2,1-6H3/q+1. The van der Waals surface area contributed by atoms with Gasteiger partial charge in [0.25, 0.3) is 0 Å². The number of hydrogen-bond acceptors (Lipinski definition) is 1. The minimum atomic E-state index is -0.0575. The van der Waals surface area contributed by atoms with Gasteiger partial charge in [0.05, 0.1) is 5.41 Å².